The standard InChI is InChI=1S/C24H22N4O2S/c1-16(29)25-13-3-5-17-9-11-18(12-10-17)22-15-31-24(27-22)28-23(30)20-6-2-8-21-19(20)7-4-14-26-21/h2,4,6-12,14-15H,3,5,13H2,1H3,(H,25,29)(H,27,28,30). The molecule has 2 heterocycles. The summed E-state index contributed by atoms with van der Waals surface area (Å²) in [5, 5.41) is 9.01. The van der Waals surface area contributed by atoms with E-state index >= 15 is 0 Å². The van der Waals surface area contributed by atoms with Crippen LogP contribution < -0.4 is 10.6 Å². The van der Waals surface area contributed by atoms with E-state index in [2.05, 4.69) is 32.7 Å². The molecule has 0 radical (unpaired) electrons. The zero-order chi connectivity index (χ0) is 21.6. The van der Waals surface area contributed by atoms with Gasteiger partial charge in [0.15, 0.2) is 5.13 Å². The highest BCUT2D eigenvalue weighted by atomic mass is 32.1. The zero-order valence-electron chi connectivity index (χ0n) is 17.1. The Balaban J connectivity index is 1.41. The van der Waals surface area contributed by atoms with Crippen molar-refractivity contribution in [1.82, 2.24) is 15.3 Å². The molecule has 0 saturated carbocycles. The van der Waals surface area contributed by atoms with Crippen LogP contribution in [0.4, 0.5) is 5.13 Å². The van der Waals surface area contributed by atoms with E-state index in [1.165, 1.54) is 23.8 Å². The lowest BCUT2D eigenvalue weighted by atomic mass is 10.1. The number of pyridine rings is 1. The zero-order valence-corrected chi connectivity index (χ0v) is 17.9. The molecule has 0 aliphatic rings. The van der Waals surface area contributed by atoms with Crippen LogP contribution in [0.5, 0.6) is 0 Å². The summed E-state index contributed by atoms with van der Waals surface area (Å²) < 4.78 is 0. The summed E-state index contributed by atoms with van der Waals surface area (Å²) in [6.45, 7) is 2.21. The Bertz CT molecular complexity index is 1210. The first-order valence-electron chi connectivity index (χ1n) is 10.0. The lowest BCUT2D eigenvalue weighted by molar-refractivity contribution is -0.118. The number of aromatic nitrogens is 2. The summed E-state index contributed by atoms with van der Waals surface area (Å²) in [6.07, 6.45) is 3.51. The van der Waals surface area contributed by atoms with Crippen LogP contribution >= 0.6 is 11.3 Å². The van der Waals surface area contributed by atoms with Gasteiger partial charge in [-0.2, -0.15) is 0 Å². The van der Waals surface area contributed by atoms with E-state index in [-0.39, 0.29) is 11.8 Å². The van der Waals surface area contributed by atoms with Crippen LogP contribution in [0.15, 0.2) is 66.2 Å². The third kappa shape index (κ3) is 5.13. The quantitative estimate of drug-likeness (QED) is 0.417. The molecule has 0 atom stereocenters. The molecule has 156 valence electrons. The molecule has 4 rings (SSSR count). The minimum Gasteiger partial charge on any atom is -0.356 e. The maximum Gasteiger partial charge on any atom is 0.258 e. The van der Waals surface area contributed by atoms with Crippen molar-refractivity contribution in [1.29, 1.82) is 0 Å². The summed E-state index contributed by atoms with van der Waals surface area (Å²) >= 11 is 1.40. The van der Waals surface area contributed by atoms with Crippen molar-refractivity contribution in [2.45, 2.75) is 19.8 Å². The smallest absolute Gasteiger partial charge is 0.258 e. The van der Waals surface area contributed by atoms with E-state index in [9.17, 15) is 9.59 Å². The van der Waals surface area contributed by atoms with E-state index in [1.807, 2.05) is 41.8 Å². The SMILES string of the molecule is CC(=O)NCCCc1ccc(-c2csc(NC(=O)c3cccc4ncccc34)n2)cc1. The first-order valence-corrected chi connectivity index (χ1v) is 10.9. The molecule has 4 aromatic rings. The van der Waals surface area contributed by atoms with Crippen molar-refractivity contribution in [3.05, 3.63) is 77.3 Å². The molecule has 2 amide bonds. The third-order valence-electron chi connectivity index (χ3n) is 4.88. The Morgan fingerprint density at radius 3 is 2.68 bits per heavy atom. The van der Waals surface area contributed by atoms with E-state index < -0.39 is 0 Å². The average Bonchev–Trinajstić information content (AvgIpc) is 3.25. The van der Waals surface area contributed by atoms with Gasteiger partial charge in [-0.3, -0.25) is 19.9 Å². The normalized spacial score (nSPS) is 10.7. The van der Waals surface area contributed by atoms with Crippen LogP contribution in [0.3, 0.4) is 0 Å². The largest absolute Gasteiger partial charge is 0.356 e. The Labute approximate surface area is 184 Å². The minimum absolute atomic E-state index is 0.00102. The topological polar surface area (TPSA) is 84.0 Å². The second kappa shape index (κ2) is 9.49. The number of nitrogens with zero attached hydrogens (tertiary/aromatic N) is 2. The molecule has 0 spiro atoms. The van der Waals surface area contributed by atoms with Gasteiger partial charge in [0.1, 0.15) is 0 Å². The van der Waals surface area contributed by atoms with Gasteiger partial charge in [-0.25, -0.2) is 4.98 Å². The molecular weight excluding hydrogens is 408 g/mol. The highest BCUT2D eigenvalue weighted by Crippen LogP contribution is 2.26. The second-order valence-corrected chi connectivity index (χ2v) is 8.01. The molecule has 6 nitrogen and oxygen atoms in total. The molecule has 0 fully saturated rings. The number of fused-ring (bicyclic) bond motifs is 1. The summed E-state index contributed by atoms with van der Waals surface area (Å²) in [4.78, 5) is 32.6. The molecule has 31 heavy (non-hydrogen) atoms. The molecular formula is C24H22N4O2S. The van der Waals surface area contributed by atoms with Crippen molar-refractivity contribution in [2.24, 2.45) is 0 Å². The Hall–Kier alpha value is -3.58. The van der Waals surface area contributed by atoms with Gasteiger partial charge in [0.25, 0.3) is 5.91 Å². The second-order valence-electron chi connectivity index (χ2n) is 7.15. The predicted molar refractivity (Wildman–Crippen MR) is 124 cm³/mol. The van der Waals surface area contributed by atoms with Crippen molar-refractivity contribution in [3.8, 4) is 11.3 Å². The highest BCUT2D eigenvalue weighted by molar-refractivity contribution is 7.14. The van der Waals surface area contributed by atoms with E-state index in [0.717, 1.165) is 35.0 Å². The van der Waals surface area contributed by atoms with Gasteiger partial charge in [-0.15, -0.1) is 11.3 Å². The number of amides is 2. The maximum atomic E-state index is 12.8. The Kier molecular flexibility index (Phi) is 6.33. The Morgan fingerprint density at radius 2 is 1.87 bits per heavy atom. The monoisotopic (exact) mass is 430 g/mol. The van der Waals surface area contributed by atoms with Crippen LogP contribution in [-0.4, -0.2) is 28.3 Å². The number of carbonyl (C=O) groups is 2. The fourth-order valence-electron chi connectivity index (χ4n) is 3.33. The number of rotatable bonds is 7. The lowest BCUT2D eigenvalue weighted by Crippen LogP contribution is -2.21. The van der Waals surface area contributed by atoms with Crippen LogP contribution in [0.25, 0.3) is 22.2 Å². The molecule has 7 heteroatoms. The molecule has 2 aromatic carbocycles. The number of hydrogen-bond donors (Lipinski definition) is 2. The van der Waals surface area contributed by atoms with Gasteiger partial charge in [-0.05, 0) is 36.6 Å². The molecule has 2 N–H and O–H groups in total. The lowest BCUT2D eigenvalue weighted by Gasteiger charge is -2.05. The van der Waals surface area contributed by atoms with Crippen molar-refractivity contribution in [3.63, 3.8) is 0 Å². The summed E-state index contributed by atoms with van der Waals surface area (Å²) in [7, 11) is 0. The average molecular weight is 431 g/mol. The third-order valence-corrected chi connectivity index (χ3v) is 5.64. The molecule has 0 aliphatic heterocycles. The number of benzene rings is 2. The highest BCUT2D eigenvalue weighted by Gasteiger charge is 2.13. The molecule has 0 bridgehead atoms. The first-order chi connectivity index (χ1) is 15.1. The summed E-state index contributed by atoms with van der Waals surface area (Å²) in [5.74, 6) is -0.201. The predicted octanol–water partition coefficient (Wildman–Crippen LogP) is 4.68. The number of hydrogen-bond acceptors (Lipinski definition) is 5. The van der Waals surface area contributed by atoms with Gasteiger partial charge in [0.2, 0.25) is 5.91 Å². The molecule has 0 unspecified atom stereocenters. The van der Waals surface area contributed by atoms with Crippen molar-refractivity contribution in [2.75, 3.05) is 11.9 Å². The van der Waals surface area contributed by atoms with Gasteiger partial charge in [0.05, 0.1) is 11.2 Å². The van der Waals surface area contributed by atoms with E-state index in [0.29, 0.717) is 17.2 Å². The van der Waals surface area contributed by atoms with Crippen LogP contribution in [0.1, 0.15) is 29.3 Å². The minimum atomic E-state index is -0.200. The molecule has 2 aromatic heterocycles. The van der Waals surface area contributed by atoms with Gasteiger partial charge in [0, 0.05) is 41.6 Å². The van der Waals surface area contributed by atoms with Crippen LogP contribution in [0, 0.1) is 0 Å². The Morgan fingerprint density at radius 1 is 1.03 bits per heavy atom. The summed E-state index contributed by atoms with van der Waals surface area (Å²) in [5.41, 5.74) is 4.39. The number of anilines is 1. The van der Waals surface area contributed by atoms with Crippen LogP contribution in [-0.2, 0) is 11.2 Å². The summed E-state index contributed by atoms with van der Waals surface area (Å²) in [6, 6.07) is 17.4. The number of aryl methyl sites for hydroxylation is 1. The van der Waals surface area contributed by atoms with Crippen molar-refractivity contribution >= 4 is 39.2 Å². The number of thiazole rings is 1. The fraction of sp³-hybridized carbons (Fsp3) is 0.167. The van der Waals surface area contributed by atoms with E-state index in [1.54, 1.807) is 12.3 Å². The van der Waals surface area contributed by atoms with Crippen LogP contribution in [0.2, 0.25) is 0 Å². The number of nitrogens with one attached hydrogen (secondary N) is 2. The van der Waals surface area contributed by atoms with E-state index in [4.69, 9.17) is 0 Å². The first kappa shape index (κ1) is 20.7. The maximum absolute atomic E-state index is 12.8. The van der Waals surface area contributed by atoms with Gasteiger partial charge in [-0.1, -0.05) is 36.4 Å². The number of carbonyl (C=O) groups excluding carboxylic acids is 2. The van der Waals surface area contributed by atoms with Crippen molar-refractivity contribution < 1.29 is 9.59 Å². The fourth-order valence-corrected chi connectivity index (χ4v) is 4.04. The molecule has 0 saturated heterocycles. The van der Waals surface area contributed by atoms with Gasteiger partial charge >= 0.3 is 0 Å². The van der Waals surface area contributed by atoms with Gasteiger partial charge < -0.3 is 5.32 Å². The molecule has 0 aliphatic carbocycles.